The number of carbonyl (C=O) groups is 1. The van der Waals surface area contributed by atoms with Crippen LogP contribution in [0.25, 0.3) is 0 Å². The molecule has 1 saturated heterocycles. The third-order valence-corrected chi connectivity index (χ3v) is 7.46. The van der Waals surface area contributed by atoms with Gasteiger partial charge in [0.05, 0.1) is 7.11 Å². The zero-order valence-corrected chi connectivity index (χ0v) is 19.9. The van der Waals surface area contributed by atoms with Gasteiger partial charge in [-0.05, 0) is 37.3 Å². The molecule has 32 heavy (non-hydrogen) atoms. The zero-order valence-electron chi connectivity index (χ0n) is 19.9. The molecule has 0 N–H and O–H groups in total. The van der Waals surface area contributed by atoms with Crippen LogP contribution in [-0.2, 0) is 11.3 Å². The highest BCUT2D eigenvalue weighted by Gasteiger charge is 2.37. The minimum Gasteiger partial charge on any atom is -0.496 e. The van der Waals surface area contributed by atoms with Crippen molar-refractivity contribution in [1.82, 2.24) is 9.80 Å². The van der Waals surface area contributed by atoms with E-state index in [9.17, 15) is 4.79 Å². The summed E-state index contributed by atoms with van der Waals surface area (Å²) in [6, 6.07) is 17.8. The summed E-state index contributed by atoms with van der Waals surface area (Å²) < 4.78 is 5.60. The lowest BCUT2D eigenvalue weighted by Crippen LogP contribution is -2.44. The summed E-state index contributed by atoms with van der Waals surface area (Å²) in [6.07, 6.45) is 6.13. The number of amides is 1. The average Bonchev–Trinajstić information content (AvgIpc) is 3.21. The van der Waals surface area contributed by atoms with Crippen LogP contribution in [0.15, 0.2) is 48.5 Å². The van der Waals surface area contributed by atoms with E-state index in [2.05, 4.69) is 53.1 Å². The minimum absolute atomic E-state index is 0.239. The first-order chi connectivity index (χ1) is 15.5. The highest BCUT2D eigenvalue weighted by molar-refractivity contribution is 5.73. The molecule has 2 unspecified atom stereocenters. The number of rotatable bonds is 7. The maximum atomic E-state index is 12.7. The normalized spacial score (nSPS) is 22.1. The molecule has 4 rings (SSSR count). The molecule has 0 bridgehead atoms. The fourth-order valence-electron chi connectivity index (χ4n) is 5.72. The van der Waals surface area contributed by atoms with Crippen molar-refractivity contribution in [2.45, 2.75) is 64.5 Å². The van der Waals surface area contributed by atoms with Crippen molar-refractivity contribution in [3.63, 3.8) is 0 Å². The van der Waals surface area contributed by atoms with Gasteiger partial charge >= 0.3 is 0 Å². The van der Waals surface area contributed by atoms with Gasteiger partial charge in [0, 0.05) is 50.6 Å². The van der Waals surface area contributed by atoms with Crippen LogP contribution >= 0.6 is 0 Å². The topological polar surface area (TPSA) is 32.8 Å². The smallest absolute Gasteiger partial charge is 0.219 e. The Bertz CT molecular complexity index is 889. The molecule has 0 aromatic heterocycles. The monoisotopic (exact) mass is 434 g/mol. The van der Waals surface area contributed by atoms with Crippen LogP contribution in [0.1, 0.15) is 61.6 Å². The van der Waals surface area contributed by atoms with Gasteiger partial charge in [-0.1, -0.05) is 67.3 Å². The first-order valence-electron chi connectivity index (χ1n) is 12.2. The molecule has 0 spiro atoms. The van der Waals surface area contributed by atoms with Crippen molar-refractivity contribution >= 4 is 5.91 Å². The highest BCUT2D eigenvalue weighted by Crippen LogP contribution is 2.36. The van der Waals surface area contributed by atoms with Crippen LogP contribution in [0.5, 0.6) is 5.75 Å². The molecule has 2 aromatic rings. The maximum Gasteiger partial charge on any atom is 0.219 e. The van der Waals surface area contributed by atoms with Crippen LogP contribution in [-0.4, -0.2) is 48.5 Å². The predicted octanol–water partition coefficient (Wildman–Crippen LogP) is 5.40. The molecule has 1 saturated carbocycles. The van der Waals surface area contributed by atoms with E-state index in [0.29, 0.717) is 17.9 Å². The lowest BCUT2D eigenvalue weighted by Gasteiger charge is -2.36. The van der Waals surface area contributed by atoms with E-state index >= 15 is 0 Å². The Morgan fingerprint density at radius 2 is 1.75 bits per heavy atom. The van der Waals surface area contributed by atoms with Gasteiger partial charge in [0.2, 0.25) is 5.91 Å². The van der Waals surface area contributed by atoms with E-state index in [1.54, 1.807) is 14.0 Å². The molecule has 1 aliphatic carbocycles. The number of ether oxygens (including phenoxy) is 1. The average molecular weight is 435 g/mol. The van der Waals surface area contributed by atoms with E-state index < -0.39 is 0 Å². The first kappa shape index (κ1) is 22.8. The molecule has 1 heterocycles. The lowest BCUT2D eigenvalue weighted by atomic mass is 9.87. The number of nitrogens with zero attached hydrogens (tertiary/aromatic N) is 2. The molecule has 2 aromatic carbocycles. The molecule has 4 nitrogen and oxygen atoms in total. The van der Waals surface area contributed by atoms with Crippen LogP contribution in [0.2, 0.25) is 0 Å². The Labute approximate surface area is 193 Å². The quantitative estimate of drug-likeness (QED) is 0.585. The van der Waals surface area contributed by atoms with Crippen LogP contribution in [0, 0.1) is 12.8 Å². The number of likely N-dealkylation sites (tertiary alicyclic amines) is 1. The second-order valence-electron chi connectivity index (χ2n) is 9.75. The zero-order chi connectivity index (χ0) is 22.5. The van der Waals surface area contributed by atoms with Gasteiger partial charge in [-0.25, -0.2) is 0 Å². The second kappa shape index (κ2) is 10.5. The highest BCUT2D eigenvalue weighted by atomic mass is 16.5. The molecule has 172 valence electrons. The maximum absolute atomic E-state index is 12.7. The predicted molar refractivity (Wildman–Crippen MR) is 130 cm³/mol. The summed E-state index contributed by atoms with van der Waals surface area (Å²) in [5.41, 5.74) is 3.92. The summed E-state index contributed by atoms with van der Waals surface area (Å²) in [5.74, 6) is 2.08. The Hall–Kier alpha value is -2.33. The number of benzene rings is 2. The summed E-state index contributed by atoms with van der Waals surface area (Å²) in [5, 5.41) is 0. The van der Waals surface area contributed by atoms with Crippen molar-refractivity contribution in [2.75, 3.05) is 26.7 Å². The summed E-state index contributed by atoms with van der Waals surface area (Å²) in [4.78, 5) is 17.4. The fraction of sp³-hybridized carbons (Fsp3) is 0.536. The van der Waals surface area contributed by atoms with Gasteiger partial charge in [-0.3, -0.25) is 9.69 Å². The lowest BCUT2D eigenvalue weighted by molar-refractivity contribution is -0.132. The van der Waals surface area contributed by atoms with Crippen molar-refractivity contribution in [3.05, 3.63) is 65.2 Å². The largest absolute Gasteiger partial charge is 0.496 e. The van der Waals surface area contributed by atoms with Crippen molar-refractivity contribution < 1.29 is 9.53 Å². The van der Waals surface area contributed by atoms with Crippen LogP contribution in [0.3, 0.4) is 0 Å². The fourth-order valence-corrected chi connectivity index (χ4v) is 5.72. The number of methoxy groups -OCH3 is 1. The van der Waals surface area contributed by atoms with Gasteiger partial charge in [-0.15, -0.1) is 0 Å². The molecule has 2 fully saturated rings. The summed E-state index contributed by atoms with van der Waals surface area (Å²) in [7, 11) is 1.75. The van der Waals surface area contributed by atoms with Gasteiger partial charge in [0.25, 0.3) is 0 Å². The first-order valence-corrected chi connectivity index (χ1v) is 12.2. The van der Waals surface area contributed by atoms with E-state index in [1.807, 2.05) is 12.1 Å². The molecule has 1 amide bonds. The number of aryl methyl sites for hydroxylation is 1. The Morgan fingerprint density at radius 3 is 2.44 bits per heavy atom. The van der Waals surface area contributed by atoms with Gasteiger partial charge in [-0.2, -0.15) is 0 Å². The minimum atomic E-state index is 0.239. The molecule has 2 atom stereocenters. The van der Waals surface area contributed by atoms with Gasteiger partial charge in [0.1, 0.15) is 5.75 Å². The molecular weight excluding hydrogens is 396 g/mol. The van der Waals surface area contributed by atoms with E-state index in [1.165, 1.54) is 36.0 Å². The number of carbonyl (C=O) groups excluding carboxylic acids is 1. The van der Waals surface area contributed by atoms with Crippen LogP contribution < -0.4 is 4.74 Å². The Morgan fingerprint density at radius 1 is 1.03 bits per heavy atom. The third-order valence-electron chi connectivity index (χ3n) is 7.46. The number of para-hydroxylation sites is 1. The van der Waals surface area contributed by atoms with Gasteiger partial charge in [0.15, 0.2) is 0 Å². The van der Waals surface area contributed by atoms with E-state index in [4.69, 9.17) is 4.74 Å². The standard InChI is InChI=1S/C28H38N2O2/c1-21-13-15-23(16-14-21)27-20-29(17-24-9-7-8-12-28(24)32-3)18-25(27)19-30(22(2)31)26-10-5-4-6-11-26/h7-9,12-16,25-27H,4-6,10-11,17-20H2,1-3H3. The Balaban J connectivity index is 1.55. The second-order valence-corrected chi connectivity index (χ2v) is 9.75. The van der Waals surface area contributed by atoms with Crippen molar-refractivity contribution in [3.8, 4) is 5.75 Å². The SMILES string of the molecule is COc1ccccc1CN1CC(CN(C(C)=O)C2CCCCC2)C(c2ccc(C)cc2)C1. The molecule has 4 heteroatoms. The van der Waals surface area contributed by atoms with Gasteiger partial charge < -0.3 is 9.64 Å². The molecular formula is C28H38N2O2. The molecule has 0 radical (unpaired) electrons. The van der Waals surface area contributed by atoms with Crippen LogP contribution in [0.4, 0.5) is 0 Å². The third kappa shape index (κ3) is 5.35. The number of hydrogen-bond acceptors (Lipinski definition) is 3. The molecule has 1 aliphatic heterocycles. The van der Waals surface area contributed by atoms with Crippen molar-refractivity contribution in [2.24, 2.45) is 5.92 Å². The Kier molecular flexibility index (Phi) is 7.51. The molecule has 2 aliphatic rings. The van der Waals surface area contributed by atoms with E-state index in [-0.39, 0.29) is 5.91 Å². The summed E-state index contributed by atoms with van der Waals surface area (Å²) >= 11 is 0. The van der Waals surface area contributed by atoms with Crippen molar-refractivity contribution in [1.29, 1.82) is 0 Å². The number of hydrogen-bond donors (Lipinski definition) is 0. The summed E-state index contributed by atoms with van der Waals surface area (Å²) in [6.45, 7) is 7.67. The van der Waals surface area contributed by atoms with E-state index in [0.717, 1.165) is 44.8 Å².